The Hall–Kier alpha value is -1.15. The largest absolute Gasteiger partial charge is 0.306 e. The van der Waals surface area contributed by atoms with Gasteiger partial charge in [0.15, 0.2) is 0 Å². The van der Waals surface area contributed by atoms with E-state index < -0.39 is 0 Å². The van der Waals surface area contributed by atoms with E-state index in [0.29, 0.717) is 24.7 Å². The molecule has 0 aromatic heterocycles. The third-order valence-electron chi connectivity index (χ3n) is 2.77. The summed E-state index contributed by atoms with van der Waals surface area (Å²) in [4.78, 5) is 11.5. The molecule has 0 heterocycles. The molecule has 1 aromatic carbocycles. The predicted molar refractivity (Wildman–Crippen MR) is 67.2 cm³/mol. The Bertz CT molecular complexity index is 308. The zero-order valence-corrected chi connectivity index (χ0v) is 10.2. The lowest BCUT2D eigenvalue weighted by Crippen LogP contribution is -2.23. The van der Waals surface area contributed by atoms with Crippen LogP contribution in [0, 0.1) is 5.92 Å². The van der Waals surface area contributed by atoms with Crippen molar-refractivity contribution in [3.63, 3.8) is 0 Å². The van der Waals surface area contributed by atoms with Crippen LogP contribution in [-0.4, -0.2) is 12.3 Å². The molecular weight excluding hydrogens is 198 g/mol. The SMILES string of the molecule is CCC(C)CC(=O)CNCc1ccccc1. The van der Waals surface area contributed by atoms with Gasteiger partial charge >= 0.3 is 0 Å². The molecule has 1 atom stereocenters. The Kier molecular flexibility index (Phi) is 5.79. The zero-order chi connectivity index (χ0) is 11.8. The second-order valence-corrected chi connectivity index (χ2v) is 4.35. The van der Waals surface area contributed by atoms with Crippen LogP contribution < -0.4 is 5.32 Å². The minimum absolute atomic E-state index is 0.310. The molecule has 0 radical (unpaired) electrons. The van der Waals surface area contributed by atoms with Crippen molar-refractivity contribution < 1.29 is 4.79 Å². The van der Waals surface area contributed by atoms with Crippen LogP contribution in [0.15, 0.2) is 30.3 Å². The average molecular weight is 219 g/mol. The molecule has 2 nitrogen and oxygen atoms in total. The summed E-state index contributed by atoms with van der Waals surface area (Å²) < 4.78 is 0. The summed E-state index contributed by atoms with van der Waals surface area (Å²) >= 11 is 0. The highest BCUT2D eigenvalue weighted by Gasteiger charge is 2.06. The Morgan fingerprint density at radius 3 is 2.62 bits per heavy atom. The minimum atomic E-state index is 0.310. The third kappa shape index (κ3) is 5.08. The molecule has 0 aliphatic rings. The van der Waals surface area contributed by atoms with E-state index in [2.05, 4.69) is 31.3 Å². The van der Waals surface area contributed by atoms with Crippen molar-refractivity contribution in [1.82, 2.24) is 5.32 Å². The number of carbonyl (C=O) groups excluding carboxylic acids is 1. The summed E-state index contributed by atoms with van der Waals surface area (Å²) in [5, 5.41) is 3.18. The quantitative estimate of drug-likeness (QED) is 0.764. The Labute approximate surface area is 98.1 Å². The fraction of sp³-hybridized carbons (Fsp3) is 0.500. The smallest absolute Gasteiger partial charge is 0.146 e. The van der Waals surface area contributed by atoms with Crippen molar-refractivity contribution in [2.45, 2.75) is 33.2 Å². The van der Waals surface area contributed by atoms with Crippen LogP contribution in [-0.2, 0) is 11.3 Å². The molecule has 0 saturated carbocycles. The van der Waals surface area contributed by atoms with Gasteiger partial charge in [0.2, 0.25) is 0 Å². The number of ketones is 1. The van der Waals surface area contributed by atoms with Gasteiger partial charge in [0, 0.05) is 13.0 Å². The van der Waals surface area contributed by atoms with Gasteiger partial charge in [0.25, 0.3) is 0 Å². The fourth-order valence-corrected chi connectivity index (χ4v) is 1.55. The highest BCUT2D eigenvalue weighted by molar-refractivity contribution is 5.80. The van der Waals surface area contributed by atoms with E-state index in [1.807, 2.05) is 18.2 Å². The van der Waals surface area contributed by atoms with Gasteiger partial charge in [-0.05, 0) is 11.5 Å². The van der Waals surface area contributed by atoms with Crippen LogP contribution in [0.2, 0.25) is 0 Å². The predicted octanol–water partition coefficient (Wildman–Crippen LogP) is 2.78. The van der Waals surface area contributed by atoms with Gasteiger partial charge in [-0.2, -0.15) is 0 Å². The molecule has 2 heteroatoms. The molecule has 1 aromatic rings. The topological polar surface area (TPSA) is 29.1 Å². The first-order valence-corrected chi connectivity index (χ1v) is 5.98. The number of rotatable bonds is 7. The first-order chi connectivity index (χ1) is 7.72. The first kappa shape index (κ1) is 12.9. The molecule has 16 heavy (non-hydrogen) atoms. The average Bonchev–Trinajstić information content (AvgIpc) is 2.30. The summed E-state index contributed by atoms with van der Waals surface area (Å²) in [6.07, 6.45) is 1.77. The van der Waals surface area contributed by atoms with E-state index in [9.17, 15) is 4.79 Å². The van der Waals surface area contributed by atoms with Crippen LogP contribution in [0.5, 0.6) is 0 Å². The van der Waals surface area contributed by atoms with Crippen molar-refractivity contribution in [2.75, 3.05) is 6.54 Å². The fourth-order valence-electron chi connectivity index (χ4n) is 1.55. The molecule has 0 aliphatic carbocycles. The Morgan fingerprint density at radius 1 is 1.31 bits per heavy atom. The van der Waals surface area contributed by atoms with Crippen LogP contribution in [0.3, 0.4) is 0 Å². The van der Waals surface area contributed by atoms with Gasteiger partial charge in [0.05, 0.1) is 6.54 Å². The summed E-state index contributed by atoms with van der Waals surface area (Å²) in [6, 6.07) is 10.1. The van der Waals surface area contributed by atoms with E-state index >= 15 is 0 Å². The molecule has 1 N–H and O–H groups in total. The molecule has 0 fully saturated rings. The van der Waals surface area contributed by atoms with Crippen LogP contribution in [0.25, 0.3) is 0 Å². The Balaban J connectivity index is 2.18. The number of hydrogen-bond acceptors (Lipinski definition) is 2. The number of hydrogen-bond donors (Lipinski definition) is 1. The molecule has 0 saturated heterocycles. The second kappa shape index (κ2) is 7.18. The van der Waals surface area contributed by atoms with E-state index in [1.54, 1.807) is 0 Å². The summed E-state index contributed by atoms with van der Waals surface area (Å²) in [5.41, 5.74) is 1.22. The Morgan fingerprint density at radius 2 is 2.00 bits per heavy atom. The van der Waals surface area contributed by atoms with E-state index in [-0.39, 0.29) is 0 Å². The van der Waals surface area contributed by atoms with E-state index in [1.165, 1.54) is 5.56 Å². The van der Waals surface area contributed by atoms with Crippen molar-refractivity contribution in [2.24, 2.45) is 5.92 Å². The standard InChI is InChI=1S/C14H21NO/c1-3-12(2)9-14(16)11-15-10-13-7-5-4-6-8-13/h4-8,12,15H,3,9-11H2,1-2H3. The van der Waals surface area contributed by atoms with Crippen molar-refractivity contribution in [3.8, 4) is 0 Å². The van der Waals surface area contributed by atoms with Gasteiger partial charge in [-0.25, -0.2) is 0 Å². The molecule has 0 spiro atoms. The minimum Gasteiger partial charge on any atom is -0.306 e. The number of benzene rings is 1. The maximum absolute atomic E-state index is 11.5. The lowest BCUT2D eigenvalue weighted by molar-refractivity contribution is -0.119. The highest BCUT2D eigenvalue weighted by atomic mass is 16.1. The molecule has 0 aliphatic heterocycles. The van der Waals surface area contributed by atoms with Gasteiger partial charge in [-0.3, -0.25) is 4.79 Å². The van der Waals surface area contributed by atoms with Gasteiger partial charge in [0.1, 0.15) is 5.78 Å². The number of nitrogens with one attached hydrogen (secondary N) is 1. The summed E-state index contributed by atoms with van der Waals surface area (Å²) in [6.45, 7) is 5.50. The normalized spacial score (nSPS) is 12.4. The molecule has 1 rings (SSSR count). The maximum Gasteiger partial charge on any atom is 0.146 e. The molecule has 1 unspecified atom stereocenters. The zero-order valence-electron chi connectivity index (χ0n) is 10.2. The molecule has 88 valence electrons. The molecule has 0 bridgehead atoms. The van der Waals surface area contributed by atoms with Crippen molar-refractivity contribution in [1.29, 1.82) is 0 Å². The van der Waals surface area contributed by atoms with Crippen molar-refractivity contribution in [3.05, 3.63) is 35.9 Å². The van der Waals surface area contributed by atoms with Gasteiger partial charge in [-0.15, -0.1) is 0 Å². The van der Waals surface area contributed by atoms with E-state index in [4.69, 9.17) is 0 Å². The second-order valence-electron chi connectivity index (χ2n) is 4.35. The first-order valence-electron chi connectivity index (χ1n) is 5.98. The lowest BCUT2D eigenvalue weighted by Gasteiger charge is -2.08. The van der Waals surface area contributed by atoms with Crippen LogP contribution in [0.1, 0.15) is 32.3 Å². The monoisotopic (exact) mass is 219 g/mol. The van der Waals surface area contributed by atoms with Crippen molar-refractivity contribution >= 4 is 5.78 Å². The van der Waals surface area contributed by atoms with Gasteiger partial charge < -0.3 is 5.32 Å². The summed E-state index contributed by atoms with van der Waals surface area (Å²) in [7, 11) is 0. The molecular formula is C14H21NO. The summed E-state index contributed by atoms with van der Waals surface area (Å²) in [5.74, 6) is 0.816. The highest BCUT2D eigenvalue weighted by Crippen LogP contribution is 2.06. The van der Waals surface area contributed by atoms with Crippen LogP contribution in [0.4, 0.5) is 0 Å². The van der Waals surface area contributed by atoms with Crippen LogP contribution >= 0.6 is 0 Å². The number of Topliss-reactive ketones (excluding diaryl/α,β-unsaturated/α-hetero) is 1. The van der Waals surface area contributed by atoms with E-state index in [0.717, 1.165) is 13.0 Å². The number of carbonyl (C=O) groups is 1. The maximum atomic E-state index is 11.5. The molecule has 0 amide bonds. The third-order valence-corrected chi connectivity index (χ3v) is 2.77. The van der Waals surface area contributed by atoms with Gasteiger partial charge in [-0.1, -0.05) is 50.6 Å². The lowest BCUT2D eigenvalue weighted by atomic mass is 10.0.